The van der Waals surface area contributed by atoms with Crippen molar-refractivity contribution in [3.8, 4) is 0 Å². The molecule has 0 saturated heterocycles. The molecule has 0 saturated carbocycles. The average Bonchev–Trinajstić information content (AvgIpc) is 3.45. The molecule has 0 bridgehead atoms. The molecule has 1 N–H and O–H groups in total. The van der Waals surface area contributed by atoms with E-state index in [1.54, 1.807) is 0 Å². The summed E-state index contributed by atoms with van der Waals surface area (Å²) in [6, 6.07) is 0. The van der Waals surface area contributed by atoms with Gasteiger partial charge in [-0.15, -0.1) is 0 Å². The van der Waals surface area contributed by atoms with Crippen molar-refractivity contribution in [3.63, 3.8) is 0 Å². The summed E-state index contributed by atoms with van der Waals surface area (Å²) >= 11 is 0. The Morgan fingerprint density at radius 3 is 1.01 bits per heavy atom. The summed E-state index contributed by atoms with van der Waals surface area (Å²) in [7, 11) is 1.44. The number of phosphoric ester groups is 1. The minimum Gasteiger partial charge on any atom is -0.462 e. The van der Waals surface area contributed by atoms with Gasteiger partial charge in [0.15, 0.2) is 6.10 Å². The van der Waals surface area contributed by atoms with Gasteiger partial charge in [-0.25, -0.2) is 4.57 Å². The van der Waals surface area contributed by atoms with E-state index in [4.69, 9.17) is 18.5 Å². The predicted octanol–water partition coefficient (Wildman–Crippen LogP) is 21.3. The number of esters is 2. The molecule has 0 heterocycles. The fourth-order valence-electron chi connectivity index (χ4n) is 8.70. The van der Waals surface area contributed by atoms with E-state index < -0.39 is 32.5 Å². The first kappa shape index (κ1) is 78.1. The van der Waals surface area contributed by atoms with Crippen molar-refractivity contribution in [1.29, 1.82) is 0 Å². The number of allylic oxidation sites excluding steroid dienone is 22. The van der Waals surface area contributed by atoms with Crippen LogP contribution in [0, 0.1) is 0 Å². The first-order chi connectivity index (χ1) is 40.0. The summed E-state index contributed by atoms with van der Waals surface area (Å²) in [6.07, 6.45) is 90.0. The second-order valence-corrected chi connectivity index (χ2v) is 24.2. The zero-order valence-electron chi connectivity index (χ0n) is 53.2. The lowest BCUT2D eigenvalue weighted by Gasteiger charge is -2.24. The van der Waals surface area contributed by atoms with Gasteiger partial charge in [0.05, 0.1) is 27.7 Å². The Kier molecular flexibility index (Phi) is 58.8. The second kappa shape index (κ2) is 61.7. The van der Waals surface area contributed by atoms with Crippen LogP contribution >= 0.6 is 7.82 Å². The quantitative estimate of drug-likeness (QED) is 0.0211. The van der Waals surface area contributed by atoms with Crippen LogP contribution in [-0.4, -0.2) is 74.9 Å². The van der Waals surface area contributed by atoms with Crippen molar-refractivity contribution in [1.82, 2.24) is 0 Å². The third kappa shape index (κ3) is 65.3. The van der Waals surface area contributed by atoms with Gasteiger partial charge in [0, 0.05) is 12.8 Å². The molecule has 10 heteroatoms. The molecule has 0 aromatic carbocycles. The fourth-order valence-corrected chi connectivity index (χ4v) is 9.44. The SMILES string of the molecule is CC/C=C\C/C=C\C/C=C\C/C=C\C/C=C\C/C=C\CCCCCCCCCCCCCCCCCCCCCCCCC(=O)OC(COC(=O)CCC/C=C\C/C=C\C/C=C\C/C=C\C/C=C\CC)COP(=O)(O)OCC[N+](C)(C)C. The zero-order valence-corrected chi connectivity index (χ0v) is 54.1. The van der Waals surface area contributed by atoms with E-state index in [1.807, 2.05) is 21.1 Å². The molecule has 0 aliphatic carbocycles. The van der Waals surface area contributed by atoms with E-state index in [1.165, 1.54) is 122 Å². The van der Waals surface area contributed by atoms with Crippen LogP contribution in [0.2, 0.25) is 0 Å². The Morgan fingerprint density at radius 2 is 0.671 bits per heavy atom. The molecule has 2 unspecified atom stereocenters. The van der Waals surface area contributed by atoms with Gasteiger partial charge in [-0.2, -0.15) is 0 Å². The molecule has 0 spiro atoms. The summed E-state index contributed by atoms with van der Waals surface area (Å²) < 4.78 is 34.5. The van der Waals surface area contributed by atoms with Crippen molar-refractivity contribution in [3.05, 3.63) is 134 Å². The van der Waals surface area contributed by atoms with Crippen molar-refractivity contribution >= 4 is 19.8 Å². The smallest absolute Gasteiger partial charge is 0.462 e. The summed E-state index contributed by atoms with van der Waals surface area (Å²) in [5.74, 6) is -0.866. The van der Waals surface area contributed by atoms with Crippen LogP contribution in [0.25, 0.3) is 0 Å². The largest absolute Gasteiger partial charge is 0.472 e. The van der Waals surface area contributed by atoms with E-state index in [0.717, 1.165) is 96.3 Å². The van der Waals surface area contributed by atoms with Crippen LogP contribution < -0.4 is 0 Å². The van der Waals surface area contributed by atoms with E-state index >= 15 is 0 Å². The summed E-state index contributed by atoms with van der Waals surface area (Å²) in [5, 5.41) is 0. The van der Waals surface area contributed by atoms with Gasteiger partial charge >= 0.3 is 19.8 Å². The van der Waals surface area contributed by atoms with E-state index in [0.29, 0.717) is 23.9 Å². The molecule has 2 atom stereocenters. The minimum atomic E-state index is -4.41. The first-order valence-electron chi connectivity index (χ1n) is 32.9. The Bertz CT molecular complexity index is 1850. The van der Waals surface area contributed by atoms with Gasteiger partial charge in [0.1, 0.15) is 19.8 Å². The lowest BCUT2D eigenvalue weighted by molar-refractivity contribution is -0.870. The summed E-state index contributed by atoms with van der Waals surface area (Å²) in [4.78, 5) is 35.7. The molecule has 0 amide bonds. The van der Waals surface area contributed by atoms with Crippen LogP contribution in [0.1, 0.15) is 258 Å². The number of likely N-dealkylation sites (N-methyl/N-ethyl adjacent to an activating group) is 1. The van der Waals surface area contributed by atoms with Gasteiger partial charge in [0.2, 0.25) is 0 Å². The maximum Gasteiger partial charge on any atom is 0.472 e. The molecule has 0 aliphatic rings. The lowest BCUT2D eigenvalue weighted by Crippen LogP contribution is -2.37. The van der Waals surface area contributed by atoms with Crippen LogP contribution in [-0.2, 0) is 32.7 Å². The highest BCUT2D eigenvalue weighted by Gasteiger charge is 2.27. The maximum atomic E-state index is 12.8. The van der Waals surface area contributed by atoms with Crippen LogP contribution in [0.3, 0.4) is 0 Å². The normalized spacial score (nSPS) is 14.1. The molecule has 0 rings (SSSR count). The van der Waals surface area contributed by atoms with E-state index in [9.17, 15) is 19.0 Å². The number of unbranched alkanes of at least 4 members (excludes halogenated alkanes) is 23. The molecular formula is C72H123NO8P+. The van der Waals surface area contributed by atoms with Crippen molar-refractivity contribution in [2.45, 2.75) is 264 Å². The highest BCUT2D eigenvalue weighted by atomic mass is 31.2. The van der Waals surface area contributed by atoms with Gasteiger partial charge in [-0.1, -0.05) is 276 Å². The van der Waals surface area contributed by atoms with E-state index in [-0.39, 0.29) is 26.1 Å². The highest BCUT2D eigenvalue weighted by molar-refractivity contribution is 7.47. The number of carbonyl (C=O) groups is 2. The number of hydrogen-bond acceptors (Lipinski definition) is 7. The lowest BCUT2D eigenvalue weighted by atomic mass is 10.0. The van der Waals surface area contributed by atoms with Crippen molar-refractivity contribution < 1.29 is 42.1 Å². The number of ether oxygens (including phenoxy) is 2. The average molecular weight is 1160 g/mol. The zero-order chi connectivity index (χ0) is 59.8. The molecule has 9 nitrogen and oxygen atoms in total. The van der Waals surface area contributed by atoms with Crippen LogP contribution in [0.15, 0.2) is 134 Å². The Balaban J connectivity index is 3.99. The molecule has 0 aromatic rings. The Labute approximate surface area is 504 Å². The second-order valence-electron chi connectivity index (χ2n) is 22.7. The van der Waals surface area contributed by atoms with Gasteiger partial charge in [-0.3, -0.25) is 18.6 Å². The molecule has 468 valence electrons. The number of carbonyl (C=O) groups excluding carboxylic acids is 2. The van der Waals surface area contributed by atoms with Gasteiger partial charge in [-0.05, 0) is 103 Å². The van der Waals surface area contributed by atoms with Gasteiger partial charge < -0.3 is 18.9 Å². The number of quaternary nitrogens is 1. The molecule has 0 aromatic heterocycles. The molecule has 0 fully saturated rings. The number of phosphoric acid groups is 1. The predicted molar refractivity (Wildman–Crippen MR) is 353 cm³/mol. The fraction of sp³-hybridized carbons (Fsp3) is 0.667. The molecule has 0 aliphatic heterocycles. The summed E-state index contributed by atoms with van der Waals surface area (Å²) in [5.41, 5.74) is 0. The topological polar surface area (TPSA) is 108 Å². The van der Waals surface area contributed by atoms with Gasteiger partial charge in [0.25, 0.3) is 0 Å². The number of rotatable bonds is 59. The first-order valence-corrected chi connectivity index (χ1v) is 34.4. The molecule has 0 radical (unpaired) electrons. The van der Waals surface area contributed by atoms with E-state index in [2.05, 4.69) is 148 Å². The molecular weight excluding hydrogens is 1040 g/mol. The monoisotopic (exact) mass is 1160 g/mol. The standard InChI is InChI=1S/C72H122NO8P/c1-6-8-10-12-14-16-18-20-22-24-25-26-27-28-29-30-31-32-33-34-35-36-37-38-39-40-41-42-43-44-45-46-47-49-51-53-55-57-59-61-63-65-72(75)81-70(69-80-82(76,77)79-67-66-73(3,4)5)68-78-71(74)64-62-60-58-56-54-52-50-48-23-21-19-17-15-13-11-9-7-2/h8-11,14-17,20-23,25-26,28-29,31-32,50,52,56,58,70H,6-7,12-13,18-19,24,27,30,33-49,51,53-55,57,59-69H2,1-5H3/p+1/b10-8-,11-9-,16-14-,17-15-,22-20-,23-21-,26-25-,29-28-,32-31-,52-50-,58-56-. The van der Waals surface area contributed by atoms with Crippen molar-refractivity contribution in [2.75, 3.05) is 47.5 Å². The van der Waals surface area contributed by atoms with Crippen LogP contribution in [0.5, 0.6) is 0 Å². The third-order valence-corrected chi connectivity index (χ3v) is 14.7. The Hall–Kier alpha value is -3.85. The van der Waals surface area contributed by atoms with Crippen LogP contribution in [0.4, 0.5) is 0 Å². The molecule has 82 heavy (non-hydrogen) atoms. The van der Waals surface area contributed by atoms with Crippen molar-refractivity contribution in [2.24, 2.45) is 0 Å². The minimum absolute atomic E-state index is 0.0185. The third-order valence-electron chi connectivity index (χ3n) is 13.7. The highest BCUT2D eigenvalue weighted by Crippen LogP contribution is 2.43. The number of hydrogen-bond donors (Lipinski definition) is 1. The Morgan fingerprint density at radius 1 is 0.378 bits per heavy atom. The number of nitrogens with zero attached hydrogens (tertiary/aromatic N) is 1. The summed E-state index contributed by atoms with van der Waals surface area (Å²) in [6.45, 7) is 4.14. The maximum absolute atomic E-state index is 12.8.